The van der Waals surface area contributed by atoms with Gasteiger partial charge in [0.1, 0.15) is 0 Å². The first kappa shape index (κ1) is 11.8. The van der Waals surface area contributed by atoms with Crippen molar-refractivity contribution in [1.29, 1.82) is 0 Å². The van der Waals surface area contributed by atoms with Gasteiger partial charge in [-0.15, -0.1) is 0 Å². The zero-order chi connectivity index (χ0) is 11.0. The Labute approximate surface area is 81.7 Å². The van der Waals surface area contributed by atoms with Crippen LogP contribution in [0.5, 0.6) is 0 Å². The lowest BCUT2D eigenvalue weighted by atomic mass is 10.0. The van der Waals surface area contributed by atoms with Crippen molar-refractivity contribution in [2.75, 3.05) is 13.1 Å². The smallest absolute Gasteiger partial charge is 0.379 e. The van der Waals surface area contributed by atoms with Gasteiger partial charge in [0, 0.05) is 19.1 Å². The fourth-order valence-corrected chi connectivity index (χ4v) is 1.69. The van der Waals surface area contributed by atoms with Crippen LogP contribution >= 0.6 is 0 Å². The Hall–Kier alpha value is -0.290. The molecule has 0 bridgehead atoms. The van der Waals surface area contributed by atoms with E-state index in [9.17, 15) is 18.3 Å². The molecular formula is C9H16F3NO. The van der Waals surface area contributed by atoms with Crippen LogP contribution in [0.2, 0.25) is 0 Å². The van der Waals surface area contributed by atoms with Crippen LogP contribution in [-0.2, 0) is 0 Å². The minimum absolute atomic E-state index is 0.103. The molecule has 0 aliphatic carbocycles. The molecule has 0 aromatic carbocycles. The van der Waals surface area contributed by atoms with E-state index in [2.05, 4.69) is 0 Å². The summed E-state index contributed by atoms with van der Waals surface area (Å²) >= 11 is 0. The molecule has 0 radical (unpaired) electrons. The van der Waals surface area contributed by atoms with Crippen molar-refractivity contribution in [2.24, 2.45) is 0 Å². The molecule has 1 fully saturated rings. The third-order valence-corrected chi connectivity index (χ3v) is 3.02. The highest BCUT2D eigenvalue weighted by Gasteiger charge is 2.57. The lowest BCUT2D eigenvalue weighted by molar-refractivity contribution is -0.254. The second-order valence-corrected chi connectivity index (χ2v) is 4.01. The highest BCUT2D eigenvalue weighted by Crippen LogP contribution is 2.38. The molecule has 0 aromatic rings. The zero-order valence-corrected chi connectivity index (χ0v) is 8.43. The summed E-state index contributed by atoms with van der Waals surface area (Å²) in [5.74, 6) is 0. The molecule has 0 spiro atoms. The quantitative estimate of drug-likeness (QED) is 0.752. The van der Waals surface area contributed by atoms with Crippen molar-refractivity contribution >= 4 is 0 Å². The minimum atomic E-state index is -4.50. The van der Waals surface area contributed by atoms with Crippen LogP contribution in [0.4, 0.5) is 13.2 Å². The molecule has 2 unspecified atom stereocenters. The molecule has 2 atom stereocenters. The highest BCUT2D eigenvalue weighted by atomic mass is 19.4. The van der Waals surface area contributed by atoms with Crippen molar-refractivity contribution in [3.8, 4) is 0 Å². The van der Waals surface area contributed by atoms with Gasteiger partial charge in [-0.05, 0) is 19.8 Å². The third-order valence-electron chi connectivity index (χ3n) is 3.02. The van der Waals surface area contributed by atoms with Crippen LogP contribution in [0.25, 0.3) is 0 Å². The molecule has 1 N–H and O–H groups in total. The van der Waals surface area contributed by atoms with Crippen LogP contribution in [0, 0.1) is 0 Å². The average molecular weight is 211 g/mol. The number of hydrogen-bond acceptors (Lipinski definition) is 2. The number of rotatable bonds is 2. The Bertz CT molecular complexity index is 207. The van der Waals surface area contributed by atoms with Crippen LogP contribution in [0.15, 0.2) is 0 Å². The number of nitrogens with zero attached hydrogens (tertiary/aromatic N) is 1. The van der Waals surface area contributed by atoms with Gasteiger partial charge in [-0.3, -0.25) is 4.90 Å². The Morgan fingerprint density at radius 3 is 2.43 bits per heavy atom. The van der Waals surface area contributed by atoms with Crippen LogP contribution in [0.3, 0.4) is 0 Å². The fraction of sp³-hybridized carbons (Fsp3) is 1.00. The molecule has 0 amide bonds. The number of hydrogen-bond donors (Lipinski definition) is 1. The highest BCUT2D eigenvalue weighted by molar-refractivity contribution is 4.96. The molecular weight excluding hydrogens is 195 g/mol. The minimum Gasteiger partial charge on any atom is -0.379 e. The second-order valence-electron chi connectivity index (χ2n) is 4.01. The topological polar surface area (TPSA) is 23.5 Å². The van der Waals surface area contributed by atoms with Gasteiger partial charge in [0.15, 0.2) is 5.60 Å². The van der Waals surface area contributed by atoms with Crippen molar-refractivity contribution in [3.05, 3.63) is 0 Å². The lowest BCUT2D eigenvalue weighted by Crippen LogP contribution is -2.48. The van der Waals surface area contributed by atoms with Crippen molar-refractivity contribution in [1.82, 2.24) is 4.90 Å². The van der Waals surface area contributed by atoms with E-state index in [0.717, 1.165) is 6.42 Å². The third kappa shape index (κ3) is 2.03. The van der Waals surface area contributed by atoms with Crippen LogP contribution in [0.1, 0.15) is 26.7 Å². The molecule has 0 aromatic heterocycles. The summed E-state index contributed by atoms with van der Waals surface area (Å²) in [4.78, 5) is 1.69. The number of aliphatic hydroxyl groups is 1. The van der Waals surface area contributed by atoms with Gasteiger partial charge in [0.2, 0.25) is 0 Å². The maximum Gasteiger partial charge on any atom is 0.418 e. The van der Waals surface area contributed by atoms with Gasteiger partial charge in [-0.1, -0.05) is 6.92 Å². The molecule has 5 heteroatoms. The predicted octanol–water partition coefficient (Wildman–Crippen LogP) is 1.78. The van der Waals surface area contributed by atoms with Crippen LogP contribution in [-0.4, -0.2) is 40.9 Å². The van der Waals surface area contributed by atoms with Gasteiger partial charge < -0.3 is 5.11 Å². The molecule has 0 saturated carbocycles. The summed E-state index contributed by atoms with van der Waals surface area (Å²) in [5, 5.41) is 9.38. The van der Waals surface area contributed by atoms with E-state index >= 15 is 0 Å². The largest absolute Gasteiger partial charge is 0.418 e. The molecule has 1 aliphatic rings. The van der Waals surface area contributed by atoms with E-state index in [1.165, 1.54) is 0 Å². The normalized spacial score (nSPS) is 32.1. The maximum absolute atomic E-state index is 12.4. The SMILES string of the molecule is CCC(C)N1CCC(O)(C(F)(F)F)C1. The van der Waals surface area contributed by atoms with Gasteiger partial charge in [-0.2, -0.15) is 13.2 Å². The zero-order valence-electron chi connectivity index (χ0n) is 8.43. The van der Waals surface area contributed by atoms with Gasteiger partial charge in [0.05, 0.1) is 0 Å². The maximum atomic E-state index is 12.4. The van der Waals surface area contributed by atoms with E-state index in [-0.39, 0.29) is 19.0 Å². The number of likely N-dealkylation sites (tertiary alicyclic amines) is 1. The van der Waals surface area contributed by atoms with Gasteiger partial charge >= 0.3 is 6.18 Å². The molecule has 1 rings (SSSR count). The van der Waals surface area contributed by atoms with E-state index in [0.29, 0.717) is 6.54 Å². The van der Waals surface area contributed by atoms with E-state index in [1.807, 2.05) is 13.8 Å². The number of β-amino-alcohol motifs (C(OH)–C–C–N with tert-alkyl or cyclic N) is 1. The monoisotopic (exact) mass is 211 g/mol. The van der Waals surface area contributed by atoms with E-state index in [1.54, 1.807) is 4.90 Å². The predicted molar refractivity (Wildman–Crippen MR) is 46.9 cm³/mol. The Morgan fingerprint density at radius 1 is 1.50 bits per heavy atom. The number of halogens is 3. The van der Waals surface area contributed by atoms with E-state index < -0.39 is 11.8 Å². The van der Waals surface area contributed by atoms with Crippen molar-refractivity contribution < 1.29 is 18.3 Å². The summed E-state index contributed by atoms with van der Waals surface area (Å²) < 4.78 is 37.2. The summed E-state index contributed by atoms with van der Waals surface area (Å²) in [7, 11) is 0. The summed E-state index contributed by atoms with van der Waals surface area (Å²) in [5.41, 5.74) is -2.49. The average Bonchev–Trinajstić information content (AvgIpc) is 2.47. The Morgan fingerprint density at radius 2 is 2.07 bits per heavy atom. The van der Waals surface area contributed by atoms with E-state index in [4.69, 9.17) is 0 Å². The summed E-state index contributed by atoms with van der Waals surface area (Å²) in [6, 6.07) is 0.103. The Kier molecular flexibility index (Phi) is 3.11. The molecule has 84 valence electrons. The lowest BCUT2D eigenvalue weighted by Gasteiger charge is -2.28. The first-order valence-electron chi connectivity index (χ1n) is 4.83. The molecule has 2 nitrogen and oxygen atoms in total. The molecule has 1 aliphatic heterocycles. The number of alkyl halides is 3. The summed E-state index contributed by atoms with van der Waals surface area (Å²) in [6.45, 7) is 3.84. The second kappa shape index (κ2) is 3.70. The molecule has 1 saturated heterocycles. The fourth-order valence-electron chi connectivity index (χ4n) is 1.69. The molecule has 14 heavy (non-hydrogen) atoms. The molecule has 1 heterocycles. The first-order chi connectivity index (χ1) is 6.30. The van der Waals surface area contributed by atoms with Gasteiger partial charge in [0.25, 0.3) is 0 Å². The Balaban J connectivity index is 2.64. The van der Waals surface area contributed by atoms with Gasteiger partial charge in [-0.25, -0.2) is 0 Å². The van der Waals surface area contributed by atoms with Crippen molar-refractivity contribution in [2.45, 2.75) is 44.5 Å². The first-order valence-corrected chi connectivity index (χ1v) is 4.83. The van der Waals surface area contributed by atoms with Crippen LogP contribution < -0.4 is 0 Å². The van der Waals surface area contributed by atoms with Crippen molar-refractivity contribution in [3.63, 3.8) is 0 Å². The summed E-state index contributed by atoms with van der Waals surface area (Å²) in [6.07, 6.45) is -3.91. The standard InChI is InChI=1S/C9H16F3NO/c1-3-7(2)13-5-4-8(14,6-13)9(10,11)12/h7,14H,3-6H2,1-2H3.